The van der Waals surface area contributed by atoms with E-state index in [1.807, 2.05) is 12.4 Å². The zero-order valence-corrected chi connectivity index (χ0v) is 11.5. The van der Waals surface area contributed by atoms with Gasteiger partial charge >= 0.3 is 0 Å². The van der Waals surface area contributed by atoms with Crippen molar-refractivity contribution in [2.45, 2.75) is 24.6 Å². The van der Waals surface area contributed by atoms with Crippen LogP contribution in [0.5, 0.6) is 0 Å². The van der Waals surface area contributed by atoms with Gasteiger partial charge in [0.15, 0.2) is 0 Å². The normalized spacial score (nSPS) is 12.4. The summed E-state index contributed by atoms with van der Waals surface area (Å²) in [6, 6.07) is 12.6. The third kappa shape index (κ3) is 3.40. The second-order valence-corrected chi connectivity index (χ2v) is 5.32. The topological polar surface area (TPSA) is 12.9 Å². The standard InChI is InChI=1S/C15H16BrN/c1-12-9-10-17-11-14(12)7-8-15(16)13-5-3-2-4-6-13/h2-6,9-11,15H,7-8H2,1H3. The van der Waals surface area contributed by atoms with E-state index in [4.69, 9.17) is 0 Å². The van der Waals surface area contributed by atoms with Gasteiger partial charge in [0.25, 0.3) is 0 Å². The summed E-state index contributed by atoms with van der Waals surface area (Å²) in [5.74, 6) is 0. The number of pyridine rings is 1. The summed E-state index contributed by atoms with van der Waals surface area (Å²) in [5.41, 5.74) is 4.01. The average Bonchev–Trinajstić information content (AvgIpc) is 2.38. The maximum absolute atomic E-state index is 4.18. The van der Waals surface area contributed by atoms with Gasteiger partial charge in [-0.05, 0) is 42.5 Å². The number of benzene rings is 1. The lowest BCUT2D eigenvalue weighted by Crippen LogP contribution is -1.96. The SMILES string of the molecule is Cc1ccncc1CCC(Br)c1ccccc1. The van der Waals surface area contributed by atoms with Crippen LogP contribution in [0, 0.1) is 6.92 Å². The summed E-state index contributed by atoms with van der Waals surface area (Å²) in [6.07, 6.45) is 5.97. The van der Waals surface area contributed by atoms with Crippen molar-refractivity contribution in [1.82, 2.24) is 4.98 Å². The number of aromatic nitrogens is 1. The molecule has 0 N–H and O–H groups in total. The molecule has 1 aromatic carbocycles. The van der Waals surface area contributed by atoms with E-state index in [-0.39, 0.29) is 0 Å². The van der Waals surface area contributed by atoms with Gasteiger partial charge in [0.1, 0.15) is 0 Å². The first-order valence-corrected chi connectivity index (χ1v) is 6.77. The van der Waals surface area contributed by atoms with Crippen LogP contribution in [0.15, 0.2) is 48.8 Å². The highest BCUT2D eigenvalue weighted by Gasteiger charge is 2.07. The first kappa shape index (κ1) is 12.3. The van der Waals surface area contributed by atoms with Crippen molar-refractivity contribution in [1.29, 1.82) is 0 Å². The van der Waals surface area contributed by atoms with E-state index in [1.54, 1.807) is 0 Å². The summed E-state index contributed by atoms with van der Waals surface area (Å²) < 4.78 is 0. The van der Waals surface area contributed by atoms with Crippen LogP contribution in [0.4, 0.5) is 0 Å². The summed E-state index contributed by atoms with van der Waals surface area (Å²) in [7, 11) is 0. The highest BCUT2D eigenvalue weighted by Crippen LogP contribution is 2.27. The van der Waals surface area contributed by atoms with E-state index >= 15 is 0 Å². The first-order chi connectivity index (χ1) is 8.27. The van der Waals surface area contributed by atoms with Gasteiger partial charge in [-0.15, -0.1) is 0 Å². The lowest BCUT2D eigenvalue weighted by Gasteiger charge is -2.11. The van der Waals surface area contributed by atoms with E-state index in [2.05, 4.69) is 64.2 Å². The molecule has 1 heterocycles. The van der Waals surface area contributed by atoms with Crippen LogP contribution in [0.2, 0.25) is 0 Å². The fourth-order valence-corrected chi connectivity index (χ4v) is 2.40. The Morgan fingerprint density at radius 1 is 1.18 bits per heavy atom. The average molecular weight is 290 g/mol. The molecular weight excluding hydrogens is 274 g/mol. The highest BCUT2D eigenvalue weighted by molar-refractivity contribution is 9.09. The molecule has 0 saturated carbocycles. The fraction of sp³-hybridized carbons (Fsp3) is 0.267. The van der Waals surface area contributed by atoms with Crippen LogP contribution in [-0.2, 0) is 6.42 Å². The van der Waals surface area contributed by atoms with Crippen LogP contribution >= 0.6 is 15.9 Å². The van der Waals surface area contributed by atoms with E-state index in [0.29, 0.717) is 4.83 Å². The van der Waals surface area contributed by atoms with Crippen molar-refractivity contribution in [3.63, 3.8) is 0 Å². The second kappa shape index (κ2) is 5.97. The van der Waals surface area contributed by atoms with Crippen molar-refractivity contribution in [2.24, 2.45) is 0 Å². The van der Waals surface area contributed by atoms with Crippen LogP contribution < -0.4 is 0 Å². The van der Waals surface area contributed by atoms with Crippen molar-refractivity contribution in [3.05, 3.63) is 65.5 Å². The summed E-state index contributed by atoms with van der Waals surface area (Å²) in [5, 5.41) is 0. The Labute approximate surface area is 111 Å². The highest BCUT2D eigenvalue weighted by atomic mass is 79.9. The predicted molar refractivity (Wildman–Crippen MR) is 75.4 cm³/mol. The smallest absolute Gasteiger partial charge is 0.0398 e. The van der Waals surface area contributed by atoms with Gasteiger partial charge < -0.3 is 0 Å². The molecule has 0 saturated heterocycles. The Balaban J connectivity index is 1.97. The Bertz CT molecular complexity index is 467. The Morgan fingerprint density at radius 2 is 1.94 bits per heavy atom. The quantitative estimate of drug-likeness (QED) is 0.758. The Morgan fingerprint density at radius 3 is 2.65 bits per heavy atom. The molecule has 0 amide bonds. The number of nitrogens with zero attached hydrogens (tertiary/aromatic N) is 1. The molecule has 2 aromatic rings. The van der Waals surface area contributed by atoms with E-state index < -0.39 is 0 Å². The molecule has 0 spiro atoms. The van der Waals surface area contributed by atoms with Crippen LogP contribution in [-0.4, -0.2) is 4.98 Å². The Hall–Kier alpha value is -1.15. The fourth-order valence-electron chi connectivity index (χ4n) is 1.87. The third-order valence-electron chi connectivity index (χ3n) is 2.98. The second-order valence-electron chi connectivity index (χ2n) is 4.22. The zero-order chi connectivity index (χ0) is 12.1. The molecule has 0 fully saturated rings. The van der Waals surface area contributed by atoms with Gasteiger partial charge in [-0.1, -0.05) is 46.3 Å². The monoisotopic (exact) mass is 289 g/mol. The van der Waals surface area contributed by atoms with Crippen molar-refractivity contribution in [3.8, 4) is 0 Å². The number of aryl methyl sites for hydroxylation is 2. The molecule has 1 aromatic heterocycles. The molecule has 0 aliphatic heterocycles. The van der Waals surface area contributed by atoms with Gasteiger partial charge in [-0.2, -0.15) is 0 Å². The van der Waals surface area contributed by atoms with Crippen molar-refractivity contribution < 1.29 is 0 Å². The minimum atomic E-state index is 0.420. The molecule has 0 aliphatic carbocycles. The van der Waals surface area contributed by atoms with Crippen LogP contribution in [0.3, 0.4) is 0 Å². The molecule has 17 heavy (non-hydrogen) atoms. The summed E-state index contributed by atoms with van der Waals surface area (Å²) in [6.45, 7) is 2.14. The van der Waals surface area contributed by atoms with Gasteiger partial charge in [0, 0.05) is 17.2 Å². The molecule has 2 rings (SSSR count). The van der Waals surface area contributed by atoms with Crippen LogP contribution in [0.25, 0.3) is 0 Å². The predicted octanol–water partition coefficient (Wildman–Crippen LogP) is 4.46. The summed E-state index contributed by atoms with van der Waals surface area (Å²) in [4.78, 5) is 4.60. The van der Waals surface area contributed by atoms with E-state index in [0.717, 1.165) is 12.8 Å². The maximum atomic E-state index is 4.18. The molecular formula is C15H16BrN. The molecule has 0 aliphatic rings. The molecule has 2 heteroatoms. The van der Waals surface area contributed by atoms with Gasteiger partial charge in [-0.3, -0.25) is 4.98 Å². The van der Waals surface area contributed by atoms with Gasteiger partial charge in [0.2, 0.25) is 0 Å². The minimum absolute atomic E-state index is 0.420. The number of rotatable bonds is 4. The minimum Gasteiger partial charge on any atom is -0.264 e. The van der Waals surface area contributed by atoms with E-state index in [1.165, 1.54) is 16.7 Å². The van der Waals surface area contributed by atoms with Crippen LogP contribution in [0.1, 0.15) is 27.9 Å². The zero-order valence-electron chi connectivity index (χ0n) is 9.94. The maximum Gasteiger partial charge on any atom is 0.0398 e. The Kier molecular flexibility index (Phi) is 4.32. The number of halogens is 1. The molecule has 88 valence electrons. The van der Waals surface area contributed by atoms with Crippen molar-refractivity contribution >= 4 is 15.9 Å². The number of hydrogen-bond donors (Lipinski definition) is 0. The molecule has 0 bridgehead atoms. The molecule has 1 nitrogen and oxygen atoms in total. The lowest BCUT2D eigenvalue weighted by molar-refractivity contribution is 0.805. The van der Waals surface area contributed by atoms with Gasteiger partial charge in [0.05, 0.1) is 0 Å². The van der Waals surface area contributed by atoms with E-state index in [9.17, 15) is 0 Å². The molecule has 1 atom stereocenters. The van der Waals surface area contributed by atoms with Crippen molar-refractivity contribution in [2.75, 3.05) is 0 Å². The number of hydrogen-bond acceptors (Lipinski definition) is 1. The lowest BCUT2D eigenvalue weighted by atomic mass is 10.0. The van der Waals surface area contributed by atoms with Gasteiger partial charge in [-0.25, -0.2) is 0 Å². The summed E-state index contributed by atoms with van der Waals surface area (Å²) >= 11 is 3.75. The molecule has 1 unspecified atom stereocenters. The third-order valence-corrected chi connectivity index (χ3v) is 3.96. The first-order valence-electron chi connectivity index (χ1n) is 5.86. The largest absolute Gasteiger partial charge is 0.264 e. The molecule has 0 radical (unpaired) electrons. The number of alkyl halides is 1.